The third kappa shape index (κ3) is 2.42. The van der Waals surface area contributed by atoms with E-state index in [1.165, 1.54) is 0 Å². The van der Waals surface area contributed by atoms with Gasteiger partial charge in [-0.25, -0.2) is 0 Å². The summed E-state index contributed by atoms with van der Waals surface area (Å²) in [6, 6.07) is 5.05. The Bertz CT molecular complexity index is 388. The van der Waals surface area contributed by atoms with Gasteiger partial charge in [0.1, 0.15) is 5.75 Å². The SMILES string of the molecule is CNC(=O)c1ccc(Cl)cc1OC1CC1. The Labute approximate surface area is 93.4 Å². The fourth-order valence-corrected chi connectivity index (χ4v) is 1.44. The van der Waals surface area contributed by atoms with Gasteiger partial charge in [-0.3, -0.25) is 4.79 Å². The fourth-order valence-electron chi connectivity index (χ4n) is 1.28. The van der Waals surface area contributed by atoms with Crippen LogP contribution in [0.25, 0.3) is 0 Å². The van der Waals surface area contributed by atoms with Crippen LogP contribution in [0.1, 0.15) is 23.2 Å². The first-order valence-electron chi connectivity index (χ1n) is 4.89. The molecule has 0 bridgehead atoms. The van der Waals surface area contributed by atoms with Crippen LogP contribution in [0, 0.1) is 0 Å². The van der Waals surface area contributed by atoms with Gasteiger partial charge in [0.25, 0.3) is 5.91 Å². The number of rotatable bonds is 3. The van der Waals surface area contributed by atoms with Crippen molar-refractivity contribution in [2.75, 3.05) is 7.05 Å². The van der Waals surface area contributed by atoms with Crippen LogP contribution in [-0.2, 0) is 0 Å². The van der Waals surface area contributed by atoms with Gasteiger partial charge in [0.2, 0.25) is 0 Å². The molecule has 3 nitrogen and oxygen atoms in total. The van der Waals surface area contributed by atoms with Crippen molar-refractivity contribution in [1.29, 1.82) is 0 Å². The second-order valence-corrected chi connectivity index (χ2v) is 3.97. The van der Waals surface area contributed by atoms with Crippen LogP contribution in [0.2, 0.25) is 5.02 Å². The van der Waals surface area contributed by atoms with E-state index in [0.717, 1.165) is 12.8 Å². The van der Waals surface area contributed by atoms with Crippen LogP contribution < -0.4 is 10.1 Å². The predicted molar refractivity (Wildman–Crippen MR) is 58.5 cm³/mol. The molecule has 1 aliphatic carbocycles. The summed E-state index contributed by atoms with van der Waals surface area (Å²) in [4.78, 5) is 11.5. The molecule has 0 spiro atoms. The highest BCUT2D eigenvalue weighted by atomic mass is 35.5. The van der Waals surface area contributed by atoms with Crippen LogP contribution in [0.4, 0.5) is 0 Å². The number of ether oxygens (including phenoxy) is 1. The number of carbonyl (C=O) groups excluding carboxylic acids is 1. The van der Waals surface area contributed by atoms with E-state index < -0.39 is 0 Å². The lowest BCUT2D eigenvalue weighted by molar-refractivity contribution is 0.0958. The van der Waals surface area contributed by atoms with E-state index >= 15 is 0 Å². The molecule has 1 N–H and O–H groups in total. The number of carbonyl (C=O) groups is 1. The lowest BCUT2D eigenvalue weighted by Gasteiger charge is -2.09. The predicted octanol–water partition coefficient (Wildman–Crippen LogP) is 2.24. The molecule has 2 rings (SSSR count). The lowest BCUT2D eigenvalue weighted by atomic mass is 10.2. The maximum Gasteiger partial charge on any atom is 0.254 e. The Morgan fingerprint density at radius 1 is 1.53 bits per heavy atom. The number of hydrogen-bond acceptors (Lipinski definition) is 2. The Morgan fingerprint density at radius 3 is 2.87 bits per heavy atom. The Hall–Kier alpha value is -1.22. The van der Waals surface area contributed by atoms with Crippen LogP contribution in [0.15, 0.2) is 18.2 Å². The van der Waals surface area contributed by atoms with Gasteiger partial charge in [-0.05, 0) is 31.0 Å². The molecule has 1 aliphatic rings. The molecular weight excluding hydrogens is 214 g/mol. The molecule has 0 aromatic heterocycles. The van der Waals surface area contributed by atoms with E-state index in [0.29, 0.717) is 16.3 Å². The molecule has 15 heavy (non-hydrogen) atoms. The van der Waals surface area contributed by atoms with Gasteiger partial charge in [0.05, 0.1) is 11.7 Å². The molecule has 80 valence electrons. The second-order valence-electron chi connectivity index (χ2n) is 3.54. The maximum absolute atomic E-state index is 11.5. The van der Waals surface area contributed by atoms with E-state index in [2.05, 4.69) is 5.32 Å². The third-order valence-electron chi connectivity index (χ3n) is 2.23. The van der Waals surface area contributed by atoms with E-state index in [-0.39, 0.29) is 12.0 Å². The molecule has 1 aromatic rings. The number of amides is 1. The molecule has 1 amide bonds. The summed E-state index contributed by atoms with van der Waals surface area (Å²) >= 11 is 5.86. The first-order valence-corrected chi connectivity index (χ1v) is 5.27. The standard InChI is InChI=1S/C11H12ClNO2/c1-13-11(14)9-5-2-7(12)6-10(9)15-8-3-4-8/h2,5-6,8H,3-4H2,1H3,(H,13,14). The summed E-state index contributed by atoms with van der Waals surface area (Å²) in [6.07, 6.45) is 2.37. The van der Waals surface area contributed by atoms with Crippen molar-refractivity contribution in [1.82, 2.24) is 5.32 Å². The maximum atomic E-state index is 11.5. The average molecular weight is 226 g/mol. The van der Waals surface area contributed by atoms with Gasteiger partial charge < -0.3 is 10.1 Å². The van der Waals surface area contributed by atoms with Gasteiger partial charge in [0, 0.05) is 12.1 Å². The van der Waals surface area contributed by atoms with Crippen LogP contribution in [-0.4, -0.2) is 19.1 Å². The minimum atomic E-state index is -0.151. The van der Waals surface area contributed by atoms with Crippen LogP contribution in [0.5, 0.6) is 5.75 Å². The van der Waals surface area contributed by atoms with Crippen molar-refractivity contribution in [3.05, 3.63) is 28.8 Å². The van der Waals surface area contributed by atoms with Gasteiger partial charge in [-0.15, -0.1) is 0 Å². The van der Waals surface area contributed by atoms with Crippen LogP contribution >= 0.6 is 11.6 Å². The molecular formula is C11H12ClNO2. The van der Waals surface area contributed by atoms with E-state index in [4.69, 9.17) is 16.3 Å². The van der Waals surface area contributed by atoms with Crippen molar-refractivity contribution < 1.29 is 9.53 Å². The molecule has 0 heterocycles. The zero-order valence-corrected chi connectivity index (χ0v) is 9.17. The topological polar surface area (TPSA) is 38.3 Å². The molecule has 0 atom stereocenters. The van der Waals surface area contributed by atoms with Crippen molar-refractivity contribution in [2.24, 2.45) is 0 Å². The van der Waals surface area contributed by atoms with E-state index in [1.807, 2.05) is 0 Å². The van der Waals surface area contributed by atoms with Gasteiger partial charge >= 0.3 is 0 Å². The zero-order chi connectivity index (χ0) is 10.8. The van der Waals surface area contributed by atoms with Gasteiger partial charge in [-0.1, -0.05) is 11.6 Å². The number of hydrogen-bond donors (Lipinski definition) is 1. The fraction of sp³-hybridized carbons (Fsp3) is 0.364. The van der Waals surface area contributed by atoms with Gasteiger partial charge in [-0.2, -0.15) is 0 Å². The normalized spacial score (nSPS) is 14.8. The Kier molecular flexibility index (Phi) is 2.82. The summed E-state index contributed by atoms with van der Waals surface area (Å²) < 4.78 is 5.61. The second kappa shape index (κ2) is 4.11. The molecule has 0 unspecified atom stereocenters. The Balaban J connectivity index is 2.29. The minimum Gasteiger partial charge on any atom is -0.490 e. The van der Waals surface area contributed by atoms with E-state index in [9.17, 15) is 4.79 Å². The highest BCUT2D eigenvalue weighted by Crippen LogP contribution is 2.31. The lowest BCUT2D eigenvalue weighted by Crippen LogP contribution is -2.19. The van der Waals surface area contributed by atoms with Gasteiger partial charge in [0.15, 0.2) is 0 Å². The molecule has 1 aromatic carbocycles. The third-order valence-corrected chi connectivity index (χ3v) is 2.47. The smallest absolute Gasteiger partial charge is 0.254 e. The number of halogens is 1. The quantitative estimate of drug-likeness (QED) is 0.857. The minimum absolute atomic E-state index is 0.151. The van der Waals surface area contributed by atoms with Crippen molar-refractivity contribution >= 4 is 17.5 Å². The van der Waals surface area contributed by atoms with Crippen LogP contribution in [0.3, 0.4) is 0 Å². The van der Waals surface area contributed by atoms with E-state index in [1.54, 1.807) is 25.2 Å². The number of nitrogens with one attached hydrogen (secondary N) is 1. The summed E-state index contributed by atoms with van der Waals surface area (Å²) in [6.45, 7) is 0. The molecule has 0 aliphatic heterocycles. The summed E-state index contributed by atoms with van der Waals surface area (Å²) in [7, 11) is 1.60. The summed E-state index contributed by atoms with van der Waals surface area (Å²) in [5.41, 5.74) is 0.536. The van der Waals surface area contributed by atoms with Crippen molar-refractivity contribution in [3.63, 3.8) is 0 Å². The molecule has 4 heteroatoms. The first-order chi connectivity index (χ1) is 7.20. The largest absolute Gasteiger partial charge is 0.490 e. The van der Waals surface area contributed by atoms with Crippen molar-refractivity contribution in [3.8, 4) is 5.75 Å². The van der Waals surface area contributed by atoms with Crippen molar-refractivity contribution in [2.45, 2.75) is 18.9 Å². The molecule has 1 saturated carbocycles. The number of benzene rings is 1. The summed E-state index contributed by atoms with van der Waals surface area (Å²) in [5, 5.41) is 3.15. The molecule has 0 saturated heterocycles. The molecule has 0 radical (unpaired) electrons. The first kappa shape index (κ1) is 10.3. The highest BCUT2D eigenvalue weighted by molar-refractivity contribution is 6.30. The zero-order valence-electron chi connectivity index (χ0n) is 8.42. The summed E-state index contributed by atoms with van der Waals surface area (Å²) in [5.74, 6) is 0.423. The highest BCUT2D eigenvalue weighted by Gasteiger charge is 2.25. The Morgan fingerprint density at radius 2 is 2.27 bits per heavy atom. The monoisotopic (exact) mass is 225 g/mol. The molecule has 1 fully saturated rings. The average Bonchev–Trinajstić information content (AvgIpc) is 3.01.